The topological polar surface area (TPSA) is 64.9 Å². The van der Waals surface area contributed by atoms with Gasteiger partial charge in [0.1, 0.15) is 5.75 Å². The highest BCUT2D eigenvalue weighted by Gasteiger charge is 2.29. The second kappa shape index (κ2) is 8.13. The molecule has 0 saturated carbocycles. The standard InChI is InChI=1S/C21H20Br2ClN3O2/c1-11-9-21(2,3)27(4)18-8-17(24)12(5-14(11)18)10-25-26-20(29)15-6-13(22)7-16(23)19(15)28/h5-10,28H,1-4H3,(H,26,29)/b25-10+. The summed E-state index contributed by atoms with van der Waals surface area (Å²) < 4.78 is 1.07. The van der Waals surface area contributed by atoms with E-state index in [4.69, 9.17) is 11.6 Å². The molecule has 8 heteroatoms. The molecule has 2 aromatic carbocycles. The summed E-state index contributed by atoms with van der Waals surface area (Å²) in [5.41, 5.74) is 6.38. The molecule has 3 rings (SSSR count). The fourth-order valence-corrected chi connectivity index (χ4v) is 4.68. The number of nitrogens with zero attached hydrogens (tertiary/aromatic N) is 2. The Morgan fingerprint density at radius 1 is 1.28 bits per heavy atom. The molecule has 2 aromatic rings. The average Bonchev–Trinajstić information content (AvgIpc) is 2.63. The van der Waals surface area contributed by atoms with Gasteiger partial charge < -0.3 is 10.0 Å². The van der Waals surface area contributed by atoms with Crippen LogP contribution in [0, 0.1) is 0 Å². The molecule has 0 aliphatic carbocycles. The Hall–Kier alpha value is -1.83. The molecule has 0 saturated heterocycles. The summed E-state index contributed by atoms with van der Waals surface area (Å²) in [6, 6.07) is 7.03. The van der Waals surface area contributed by atoms with E-state index in [2.05, 4.69) is 74.1 Å². The molecule has 29 heavy (non-hydrogen) atoms. The SMILES string of the molecule is CC1=CC(C)(C)N(C)c2cc(Cl)c(/C=N/NC(=O)c3cc(Br)cc(Br)c3O)cc21. The lowest BCUT2D eigenvalue weighted by Gasteiger charge is -2.40. The molecule has 0 aromatic heterocycles. The molecule has 0 unspecified atom stereocenters. The van der Waals surface area contributed by atoms with Crippen LogP contribution in [0.5, 0.6) is 5.75 Å². The Bertz CT molecular complexity index is 1060. The second-order valence-corrected chi connectivity index (χ2v) is 9.59. The maximum absolute atomic E-state index is 12.4. The van der Waals surface area contributed by atoms with Crippen LogP contribution in [-0.2, 0) is 0 Å². The Labute approximate surface area is 191 Å². The average molecular weight is 542 g/mol. The van der Waals surface area contributed by atoms with Crippen LogP contribution in [0.2, 0.25) is 5.02 Å². The number of fused-ring (bicyclic) bond motifs is 1. The first-order chi connectivity index (χ1) is 13.5. The van der Waals surface area contributed by atoms with Gasteiger partial charge in [0, 0.05) is 28.3 Å². The molecule has 0 atom stereocenters. The van der Waals surface area contributed by atoms with Crippen molar-refractivity contribution in [2.45, 2.75) is 26.3 Å². The fourth-order valence-electron chi connectivity index (χ4n) is 3.25. The van der Waals surface area contributed by atoms with E-state index in [-0.39, 0.29) is 16.9 Å². The van der Waals surface area contributed by atoms with Gasteiger partial charge in [-0.2, -0.15) is 5.10 Å². The minimum Gasteiger partial charge on any atom is -0.506 e. The Morgan fingerprint density at radius 2 is 1.97 bits per heavy atom. The second-order valence-electron chi connectivity index (χ2n) is 7.41. The van der Waals surface area contributed by atoms with Crippen molar-refractivity contribution >= 4 is 66.8 Å². The predicted octanol–water partition coefficient (Wildman–Crippen LogP) is 5.97. The number of carbonyl (C=O) groups is 1. The van der Waals surface area contributed by atoms with E-state index in [0.717, 1.165) is 16.8 Å². The number of benzene rings is 2. The van der Waals surface area contributed by atoms with Crippen LogP contribution in [0.3, 0.4) is 0 Å². The molecular formula is C21H20Br2ClN3O2. The van der Waals surface area contributed by atoms with Gasteiger partial charge >= 0.3 is 0 Å². The molecule has 5 nitrogen and oxygen atoms in total. The van der Waals surface area contributed by atoms with Gasteiger partial charge in [0.15, 0.2) is 0 Å². The van der Waals surface area contributed by atoms with E-state index >= 15 is 0 Å². The zero-order valence-electron chi connectivity index (χ0n) is 16.3. The molecule has 0 bridgehead atoms. The lowest BCUT2D eigenvalue weighted by molar-refractivity contribution is 0.0952. The zero-order valence-corrected chi connectivity index (χ0v) is 20.3. The number of hydrogen-bond donors (Lipinski definition) is 2. The summed E-state index contributed by atoms with van der Waals surface area (Å²) >= 11 is 13.0. The van der Waals surface area contributed by atoms with E-state index in [1.165, 1.54) is 12.3 Å². The third-order valence-electron chi connectivity index (χ3n) is 4.98. The van der Waals surface area contributed by atoms with E-state index in [9.17, 15) is 9.90 Å². The number of allylic oxidation sites excluding steroid dienone is 1. The van der Waals surface area contributed by atoms with Crippen LogP contribution in [0.1, 0.15) is 42.3 Å². The molecule has 1 aliphatic heterocycles. The van der Waals surface area contributed by atoms with Gasteiger partial charge in [0.05, 0.1) is 26.8 Å². The van der Waals surface area contributed by atoms with Crippen LogP contribution in [0.15, 0.2) is 44.4 Å². The maximum Gasteiger partial charge on any atom is 0.275 e. The summed E-state index contributed by atoms with van der Waals surface area (Å²) in [6.07, 6.45) is 3.71. The summed E-state index contributed by atoms with van der Waals surface area (Å²) in [4.78, 5) is 14.5. The van der Waals surface area contributed by atoms with E-state index in [0.29, 0.717) is 19.5 Å². The third kappa shape index (κ3) is 4.37. The van der Waals surface area contributed by atoms with E-state index in [1.54, 1.807) is 6.07 Å². The van der Waals surface area contributed by atoms with Gasteiger partial charge in [-0.3, -0.25) is 4.79 Å². The summed E-state index contributed by atoms with van der Waals surface area (Å²) in [7, 11) is 2.04. The summed E-state index contributed by atoms with van der Waals surface area (Å²) in [5.74, 6) is -0.688. The maximum atomic E-state index is 12.4. The van der Waals surface area contributed by atoms with Crippen LogP contribution < -0.4 is 10.3 Å². The number of anilines is 1. The van der Waals surface area contributed by atoms with Crippen molar-refractivity contribution in [3.63, 3.8) is 0 Å². The van der Waals surface area contributed by atoms with Crippen LogP contribution in [-0.4, -0.2) is 29.8 Å². The number of hydrazone groups is 1. The van der Waals surface area contributed by atoms with Crippen molar-refractivity contribution in [3.8, 4) is 5.75 Å². The smallest absolute Gasteiger partial charge is 0.275 e. The minimum atomic E-state index is -0.535. The third-order valence-corrected chi connectivity index (χ3v) is 6.37. The monoisotopic (exact) mass is 539 g/mol. The van der Waals surface area contributed by atoms with Crippen LogP contribution >= 0.6 is 43.5 Å². The molecule has 1 aliphatic rings. The number of phenols is 1. The highest BCUT2D eigenvalue weighted by atomic mass is 79.9. The largest absolute Gasteiger partial charge is 0.506 e. The summed E-state index contributed by atoms with van der Waals surface area (Å²) in [6.45, 7) is 6.36. The van der Waals surface area contributed by atoms with Gasteiger partial charge in [-0.1, -0.05) is 33.6 Å². The predicted molar refractivity (Wildman–Crippen MR) is 126 cm³/mol. The summed E-state index contributed by atoms with van der Waals surface area (Å²) in [5, 5.41) is 14.6. The van der Waals surface area contributed by atoms with Crippen molar-refractivity contribution in [1.82, 2.24) is 5.43 Å². The van der Waals surface area contributed by atoms with Gasteiger partial charge in [0.25, 0.3) is 5.91 Å². The van der Waals surface area contributed by atoms with Gasteiger partial charge in [-0.15, -0.1) is 0 Å². The van der Waals surface area contributed by atoms with Crippen molar-refractivity contribution in [2.24, 2.45) is 5.10 Å². The van der Waals surface area contributed by atoms with Crippen molar-refractivity contribution < 1.29 is 9.90 Å². The number of phenolic OH excluding ortho intramolecular Hbond substituents is 1. The van der Waals surface area contributed by atoms with E-state index in [1.807, 2.05) is 19.2 Å². The lowest BCUT2D eigenvalue weighted by Crippen LogP contribution is -2.42. The number of amides is 1. The molecule has 2 N–H and O–H groups in total. The first-order valence-corrected chi connectivity index (χ1v) is 10.8. The lowest BCUT2D eigenvalue weighted by atomic mass is 9.88. The highest BCUT2D eigenvalue weighted by molar-refractivity contribution is 9.11. The number of rotatable bonds is 3. The molecule has 0 spiro atoms. The van der Waals surface area contributed by atoms with E-state index < -0.39 is 5.91 Å². The number of carbonyl (C=O) groups excluding carboxylic acids is 1. The number of likely N-dealkylation sites (N-methyl/N-ethyl adjacent to an activating group) is 1. The quantitative estimate of drug-likeness (QED) is 0.372. The fraction of sp³-hybridized carbons (Fsp3) is 0.238. The normalized spacial score (nSPS) is 15.3. The Balaban J connectivity index is 1.86. The van der Waals surface area contributed by atoms with Crippen molar-refractivity contribution in [1.29, 1.82) is 0 Å². The number of aromatic hydroxyl groups is 1. The number of hydrogen-bond acceptors (Lipinski definition) is 4. The van der Waals surface area contributed by atoms with Crippen LogP contribution in [0.4, 0.5) is 5.69 Å². The van der Waals surface area contributed by atoms with Crippen molar-refractivity contribution in [3.05, 3.63) is 61.0 Å². The first-order valence-electron chi connectivity index (χ1n) is 8.80. The molecule has 0 fully saturated rings. The Morgan fingerprint density at radius 3 is 2.66 bits per heavy atom. The molecular weight excluding hydrogens is 522 g/mol. The number of nitrogens with one attached hydrogen (secondary N) is 1. The van der Waals surface area contributed by atoms with Gasteiger partial charge in [-0.25, -0.2) is 5.43 Å². The van der Waals surface area contributed by atoms with Crippen LogP contribution in [0.25, 0.3) is 5.57 Å². The molecule has 1 amide bonds. The number of halogens is 3. The minimum absolute atomic E-state index is 0.0996. The van der Waals surface area contributed by atoms with Gasteiger partial charge in [0.2, 0.25) is 0 Å². The molecule has 152 valence electrons. The van der Waals surface area contributed by atoms with Gasteiger partial charge in [-0.05, 0) is 66.5 Å². The molecule has 1 heterocycles. The zero-order chi connectivity index (χ0) is 21.5. The van der Waals surface area contributed by atoms with Crippen molar-refractivity contribution in [2.75, 3.05) is 11.9 Å². The highest BCUT2D eigenvalue weighted by Crippen LogP contribution is 2.40. The first kappa shape index (κ1) is 21.9. The molecule has 0 radical (unpaired) electrons. The Kier molecular flexibility index (Phi) is 6.13.